The van der Waals surface area contributed by atoms with Crippen molar-refractivity contribution in [3.05, 3.63) is 38.8 Å². The minimum absolute atomic E-state index is 0.746. The summed E-state index contributed by atoms with van der Waals surface area (Å²) in [5.74, 6) is 0. The first kappa shape index (κ1) is 11.9. The van der Waals surface area contributed by atoms with E-state index in [2.05, 4.69) is 31.9 Å². The Morgan fingerprint density at radius 3 is 2.36 bits per heavy atom. The van der Waals surface area contributed by atoms with Crippen LogP contribution >= 0.6 is 31.9 Å². The van der Waals surface area contributed by atoms with Crippen molar-refractivity contribution in [3.8, 4) is 0 Å². The fraction of sp³-hybridized carbons (Fsp3) is 0.200. The third-order valence-corrected chi connectivity index (χ3v) is 2.18. The highest BCUT2D eigenvalue weighted by Gasteiger charge is 2.03. The van der Waals surface area contributed by atoms with Crippen LogP contribution < -0.4 is 0 Å². The van der Waals surface area contributed by atoms with Crippen molar-refractivity contribution in [1.29, 1.82) is 0 Å². The van der Waals surface area contributed by atoms with Gasteiger partial charge in [0.2, 0.25) is 0 Å². The number of hydrogen-bond donors (Lipinski definition) is 1. The van der Waals surface area contributed by atoms with Gasteiger partial charge in [0.1, 0.15) is 0 Å². The quantitative estimate of drug-likeness (QED) is 0.864. The molecule has 0 amide bonds. The predicted octanol–water partition coefficient (Wildman–Crippen LogP) is 3.41. The number of ether oxygens (including phenoxy) is 1. The summed E-state index contributed by atoms with van der Waals surface area (Å²) >= 11 is 6.55. The molecule has 4 heteroatoms. The molecule has 14 heavy (non-hydrogen) atoms. The van der Waals surface area contributed by atoms with Crippen molar-refractivity contribution < 1.29 is 9.84 Å². The Balaban J connectivity index is 2.84. The molecule has 0 aliphatic carbocycles. The van der Waals surface area contributed by atoms with Gasteiger partial charge in [-0.05, 0) is 43.5 Å². The second kappa shape index (κ2) is 5.66. The second-order valence-corrected chi connectivity index (χ2v) is 5.46. The van der Waals surface area contributed by atoms with E-state index in [0.29, 0.717) is 0 Å². The molecule has 0 saturated heterocycles. The zero-order chi connectivity index (χ0) is 10.6. The summed E-state index contributed by atoms with van der Waals surface area (Å²) in [5, 5.41) is 9.35. The van der Waals surface area contributed by atoms with E-state index in [4.69, 9.17) is 4.74 Å². The first-order valence-corrected chi connectivity index (χ1v) is 5.55. The molecule has 0 heterocycles. The van der Waals surface area contributed by atoms with E-state index in [1.165, 1.54) is 7.11 Å². The van der Waals surface area contributed by atoms with Crippen molar-refractivity contribution in [2.75, 3.05) is 7.11 Å². The van der Waals surface area contributed by atoms with Crippen molar-refractivity contribution >= 4 is 37.9 Å². The lowest BCUT2D eigenvalue weighted by atomic mass is 10.1. The number of aliphatic hydroxyl groups is 1. The molecule has 1 aromatic carbocycles. The number of methoxy groups -OCH3 is 1. The predicted molar refractivity (Wildman–Crippen MR) is 64.2 cm³/mol. The highest BCUT2D eigenvalue weighted by molar-refractivity contribution is 9.28. The average Bonchev–Trinajstić information content (AvgIpc) is 2.17. The first-order valence-electron chi connectivity index (χ1n) is 3.97. The van der Waals surface area contributed by atoms with Gasteiger partial charge in [0.15, 0.2) is 6.29 Å². The van der Waals surface area contributed by atoms with Gasteiger partial charge in [0, 0.05) is 12.7 Å². The molecule has 1 atom stereocenters. The first-order chi connectivity index (χ1) is 6.63. The third kappa shape index (κ3) is 3.53. The largest absolute Gasteiger partial charge is 0.364 e. The molecule has 1 unspecified atom stereocenters. The molecular formula is C10H10Br2O2. The smallest absolute Gasteiger partial charge is 0.180 e. The van der Waals surface area contributed by atoms with Gasteiger partial charge in [-0.15, -0.1) is 0 Å². The van der Waals surface area contributed by atoms with E-state index in [-0.39, 0.29) is 0 Å². The molecule has 1 N–H and O–H groups in total. The SMILES string of the molecule is COC(O)c1ccc(C=C(Br)Br)cc1. The molecule has 1 aromatic rings. The molecular weight excluding hydrogens is 312 g/mol. The fourth-order valence-corrected chi connectivity index (χ4v) is 1.55. The van der Waals surface area contributed by atoms with Crippen molar-refractivity contribution in [2.45, 2.75) is 6.29 Å². The minimum atomic E-state index is -0.847. The Morgan fingerprint density at radius 2 is 1.93 bits per heavy atom. The van der Waals surface area contributed by atoms with Crippen molar-refractivity contribution in [2.24, 2.45) is 0 Å². The Morgan fingerprint density at radius 1 is 1.36 bits per heavy atom. The Hall–Kier alpha value is -0.160. The van der Waals surface area contributed by atoms with E-state index < -0.39 is 6.29 Å². The van der Waals surface area contributed by atoms with Crippen molar-refractivity contribution in [3.63, 3.8) is 0 Å². The zero-order valence-electron chi connectivity index (χ0n) is 7.58. The van der Waals surface area contributed by atoms with Crippen molar-refractivity contribution in [1.82, 2.24) is 0 Å². The van der Waals surface area contributed by atoms with Crippen LogP contribution in [0.5, 0.6) is 0 Å². The van der Waals surface area contributed by atoms with Crippen LogP contribution in [0.3, 0.4) is 0 Å². The van der Waals surface area contributed by atoms with Crippen LogP contribution in [0, 0.1) is 0 Å². The standard InChI is InChI=1S/C10H10Br2O2/c1-14-10(13)8-4-2-7(3-5-8)6-9(11)12/h2-6,10,13H,1H3. The maximum atomic E-state index is 9.35. The van der Waals surface area contributed by atoms with Crippen LogP contribution in [0.1, 0.15) is 17.4 Å². The van der Waals surface area contributed by atoms with E-state index in [1.807, 2.05) is 30.3 Å². The van der Waals surface area contributed by atoms with Crippen LogP contribution in [0.15, 0.2) is 27.7 Å². The maximum absolute atomic E-state index is 9.35. The molecule has 0 spiro atoms. The van der Waals surface area contributed by atoms with E-state index in [9.17, 15) is 5.11 Å². The normalized spacial score (nSPS) is 12.3. The molecule has 0 aromatic heterocycles. The van der Waals surface area contributed by atoms with Gasteiger partial charge >= 0.3 is 0 Å². The van der Waals surface area contributed by atoms with E-state index >= 15 is 0 Å². The van der Waals surface area contributed by atoms with E-state index in [0.717, 1.165) is 14.5 Å². The molecule has 76 valence electrons. The van der Waals surface area contributed by atoms with Gasteiger partial charge in [-0.3, -0.25) is 0 Å². The zero-order valence-corrected chi connectivity index (χ0v) is 10.7. The van der Waals surface area contributed by atoms with Gasteiger partial charge in [-0.2, -0.15) is 0 Å². The van der Waals surface area contributed by atoms with Gasteiger partial charge in [-0.1, -0.05) is 24.3 Å². The molecule has 0 aliphatic heterocycles. The summed E-state index contributed by atoms with van der Waals surface area (Å²) in [6.45, 7) is 0. The average molecular weight is 322 g/mol. The molecule has 1 rings (SSSR count). The summed E-state index contributed by atoms with van der Waals surface area (Å²) in [6.07, 6.45) is 1.07. The highest BCUT2D eigenvalue weighted by atomic mass is 79.9. The number of halogens is 2. The lowest BCUT2D eigenvalue weighted by Crippen LogP contribution is -1.98. The Labute approximate surface area is 99.8 Å². The summed E-state index contributed by atoms with van der Waals surface area (Å²) < 4.78 is 5.66. The fourth-order valence-electron chi connectivity index (χ4n) is 1.02. The van der Waals surface area contributed by atoms with Crippen LogP contribution in [-0.2, 0) is 4.74 Å². The molecule has 2 nitrogen and oxygen atoms in total. The number of aliphatic hydroxyl groups excluding tert-OH is 1. The van der Waals surface area contributed by atoms with Crippen LogP contribution in [0.4, 0.5) is 0 Å². The lowest BCUT2D eigenvalue weighted by Gasteiger charge is -2.08. The monoisotopic (exact) mass is 320 g/mol. The summed E-state index contributed by atoms with van der Waals surface area (Å²) in [4.78, 5) is 0. The van der Waals surface area contributed by atoms with Gasteiger partial charge in [-0.25, -0.2) is 0 Å². The van der Waals surface area contributed by atoms with Gasteiger partial charge in [0.25, 0.3) is 0 Å². The maximum Gasteiger partial charge on any atom is 0.180 e. The molecule has 0 radical (unpaired) electrons. The molecule has 0 bridgehead atoms. The molecule has 0 saturated carbocycles. The minimum Gasteiger partial charge on any atom is -0.364 e. The van der Waals surface area contributed by atoms with Crippen LogP contribution in [0.2, 0.25) is 0 Å². The third-order valence-electron chi connectivity index (χ3n) is 1.72. The Kier molecular flexibility index (Phi) is 4.81. The summed E-state index contributed by atoms with van der Waals surface area (Å²) in [6, 6.07) is 7.45. The molecule has 0 fully saturated rings. The van der Waals surface area contributed by atoms with Crippen LogP contribution in [0.25, 0.3) is 6.08 Å². The number of rotatable bonds is 3. The highest BCUT2D eigenvalue weighted by Crippen LogP contribution is 2.20. The summed E-state index contributed by atoms with van der Waals surface area (Å²) in [5.41, 5.74) is 1.79. The van der Waals surface area contributed by atoms with Gasteiger partial charge in [0.05, 0.1) is 3.39 Å². The lowest BCUT2D eigenvalue weighted by molar-refractivity contribution is -0.0769. The second-order valence-electron chi connectivity index (χ2n) is 2.69. The van der Waals surface area contributed by atoms with Crippen LogP contribution in [-0.4, -0.2) is 12.2 Å². The van der Waals surface area contributed by atoms with Gasteiger partial charge < -0.3 is 9.84 Å². The van der Waals surface area contributed by atoms with E-state index in [1.54, 1.807) is 0 Å². The Bertz CT molecular complexity index is 315. The summed E-state index contributed by atoms with van der Waals surface area (Å²) in [7, 11) is 1.47. The number of hydrogen-bond acceptors (Lipinski definition) is 2. The topological polar surface area (TPSA) is 29.5 Å². The number of benzene rings is 1. The molecule has 0 aliphatic rings.